The van der Waals surface area contributed by atoms with Crippen molar-refractivity contribution in [3.8, 4) is 0 Å². The predicted octanol–water partition coefficient (Wildman–Crippen LogP) is 3.63. The number of rotatable bonds is 5. The first-order chi connectivity index (χ1) is 10.1. The van der Waals surface area contributed by atoms with Crippen molar-refractivity contribution in [3.05, 3.63) is 0 Å². The van der Waals surface area contributed by atoms with Crippen LogP contribution in [0.2, 0.25) is 0 Å². The third-order valence-corrected chi connectivity index (χ3v) is 5.21. The first-order valence-corrected chi connectivity index (χ1v) is 9.25. The highest BCUT2D eigenvalue weighted by Gasteiger charge is 2.32. The molecule has 0 aromatic carbocycles. The van der Waals surface area contributed by atoms with Gasteiger partial charge in [0.25, 0.3) is 0 Å². The molecule has 2 saturated heterocycles. The fourth-order valence-corrected chi connectivity index (χ4v) is 3.80. The summed E-state index contributed by atoms with van der Waals surface area (Å²) in [6, 6.07) is 0. The third kappa shape index (κ3) is 5.82. The zero-order chi connectivity index (χ0) is 16.4. The van der Waals surface area contributed by atoms with Crippen molar-refractivity contribution in [1.29, 1.82) is 0 Å². The molecule has 0 spiro atoms. The molecule has 0 aromatic heterocycles. The van der Waals surface area contributed by atoms with E-state index >= 15 is 0 Å². The van der Waals surface area contributed by atoms with Crippen molar-refractivity contribution in [3.63, 3.8) is 0 Å². The summed E-state index contributed by atoms with van der Waals surface area (Å²) in [6.45, 7) is 20.6. The Labute approximate surface area is 138 Å². The lowest BCUT2D eigenvalue weighted by atomic mass is 9.83. The Kier molecular flexibility index (Phi) is 5.95. The Morgan fingerprint density at radius 3 is 2.00 bits per heavy atom. The van der Waals surface area contributed by atoms with Gasteiger partial charge in [-0.25, -0.2) is 0 Å². The molecule has 2 aliphatic heterocycles. The summed E-state index contributed by atoms with van der Waals surface area (Å²) in [5, 5.41) is 0. The van der Waals surface area contributed by atoms with E-state index in [1.165, 1.54) is 45.4 Å². The molecule has 0 amide bonds. The molecule has 0 bridgehead atoms. The van der Waals surface area contributed by atoms with Gasteiger partial charge in [-0.2, -0.15) is 0 Å². The van der Waals surface area contributed by atoms with Gasteiger partial charge in [0.05, 0.1) is 12.2 Å². The monoisotopic (exact) mass is 310 g/mol. The van der Waals surface area contributed by atoms with E-state index in [4.69, 9.17) is 4.74 Å². The number of hydrogen-bond acceptors (Lipinski definition) is 3. The van der Waals surface area contributed by atoms with E-state index in [1.807, 2.05) is 0 Å². The van der Waals surface area contributed by atoms with Crippen LogP contribution in [0.5, 0.6) is 0 Å². The largest absolute Gasteiger partial charge is 0.375 e. The second-order valence-electron chi connectivity index (χ2n) is 9.42. The normalized spacial score (nSPS) is 23.7. The first kappa shape index (κ1) is 18.2. The molecule has 0 unspecified atom stereocenters. The summed E-state index contributed by atoms with van der Waals surface area (Å²) in [5.41, 5.74) is 0.358. The minimum absolute atomic E-state index is 0.00525. The number of ether oxygens (including phenoxy) is 1. The van der Waals surface area contributed by atoms with Crippen LogP contribution in [0, 0.1) is 11.8 Å². The smallest absolute Gasteiger partial charge is 0.0600 e. The molecule has 3 nitrogen and oxygen atoms in total. The van der Waals surface area contributed by atoms with Crippen molar-refractivity contribution < 1.29 is 4.74 Å². The number of piperidine rings is 1. The number of nitrogens with zero attached hydrogens (tertiary/aromatic N) is 2. The zero-order valence-corrected chi connectivity index (χ0v) is 15.8. The second-order valence-corrected chi connectivity index (χ2v) is 9.42. The van der Waals surface area contributed by atoms with Gasteiger partial charge in [-0.3, -0.25) is 4.90 Å². The van der Waals surface area contributed by atoms with E-state index < -0.39 is 0 Å². The maximum Gasteiger partial charge on any atom is 0.0600 e. The standard InChI is InChI=1S/C19H38N2O/c1-18(2,3)21-9-7-16(8-10-21)13-17-14-20(15-17)11-12-22-19(4,5)6/h16-17H,7-15H2,1-6H3. The molecule has 0 aromatic rings. The summed E-state index contributed by atoms with van der Waals surface area (Å²) >= 11 is 0. The van der Waals surface area contributed by atoms with Crippen molar-refractivity contribution in [2.45, 2.75) is 71.9 Å². The van der Waals surface area contributed by atoms with Crippen LogP contribution < -0.4 is 0 Å². The van der Waals surface area contributed by atoms with Crippen LogP contribution >= 0.6 is 0 Å². The lowest BCUT2D eigenvalue weighted by Crippen LogP contribution is -2.50. The Bertz CT molecular complexity index is 328. The molecule has 0 saturated carbocycles. The van der Waals surface area contributed by atoms with Crippen LogP contribution in [-0.4, -0.2) is 60.3 Å². The molecule has 3 heteroatoms. The van der Waals surface area contributed by atoms with E-state index in [-0.39, 0.29) is 5.60 Å². The summed E-state index contributed by atoms with van der Waals surface area (Å²) in [6.07, 6.45) is 4.26. The Hall–Kier alpha value is -0.120. The van der Waals surface area contributed by atoms with Crippen LogP contribution in [0.1, 0.15) is 60.8 Å². The second kappa shape index (κ2) is 7.19. The lowest BCUT2D eigenvalue weighted by Gasteiger charge is -2.44. The van der Waals surface area contributed by atoms with Crippen molar-refractivity contribution in [2.75, 3.05) is 39.3 Å². The van der Waals surface area contributed by atoms with Crippen molar-refractivity contribution in [1.82, 2.24) is 9.80 Å². The molecule has 2 heterocycles. The lowest BCUT2D eigenvalue weighted by molar-refractivity contribution is -0.0310. The molecular formula is C19H38N2O. The van der Waals surface area contributed by atoms with Gasteiger partial charge >= 0.3 is 0 Å². The summed E-state index contributed by atoms with van der Waals surface area (Å²) in [5.74, 6) is 1.91. The van der Waals surface area contributed by atoms with E-state index in [2.05, 4.69) is 51.3 Å². The summed E-state index contributed by atoms with van der Waals surface area (Å²) in [4.78, 5) is 5.21. The van der Waals surface area contributed by atoms with Gasteiger partial charge in [-0.1, -0.05) is 0 Å². The third-order valence-electron chi connectivity index (χ3n) is 5.21. The molecule has 130 valence electrons. The van der Waals surface area contributed by atoms with Crippen molar-refractivity contribution in [2.24, 2.45) is 11.8 Å². The summed E-state index contributed by atoms with van der Waals surface area (Å²) in [7, 11) is 0. The van der Waals surface area contributed by atoms with Gasteiger partial charge in [0, 0.05) is 25.2 Å². The SMILES string of the molecule is CC(C)(C)OCCN1CC(CC2CCN(C(C)(C)C)CC2)C1. The van der Waals surface area contributed by atoms with Gasteiger partial charge in [0.2, 0.25) is 0 Å². The molecule has 0 atom stereocenters. The topological polar surface area (TPSA) is 15.7 Å². The quantitative estimate of drug-likeness (QED) is 0.771. The highest BCUT2D eigenvalue weighted by molar-refractivity contribution is 4.86. The van der Waals surface area contributed by atoms with Gasteiger partial charge in [0.1, 0.15) is 0 Å². The van der Waals surface area contributed by atoms with Gasteiger partial charge in [-0.15, -0.1) is 0 Å². The molecule has 2 fully saturated rings. The van der Waals surface area contributed by atoms with Crippen LogP contribution in [0.15, 0.2) is 0 Å². The fraction of sp³-hybridized carbons (Fsp3) is 1.00. The Morgan fingerprint density at radius 2 is 1.50 bits per heavy atom. The molecule has 22 heavy (non-hydrogen) atoms. The molecule has 2 aliphatic rings. The summed E-state index contributed by atoms with van der Waals surface area (Å²) < 4.78 is 5.82. The molecule has 2 rings (SSSR count). The van der Waals surface area contributed by atoms with Crippen LogP contribution in [-0.2, 0) is 4.74 Å². The van der Waals surface area contributed by atoms with E-state index in [0.717, 1.165) is 25.0 Å². The van der Waals surface area contributed by atoms with Crippen molar-refractivity contribution >= 4 is 0 Å². The number of likely N-dealkylation sites (tertiary alicyclic amines) is 2. The highest BCUT2D eigenvalue weighted by atomic mass is 16.5. The minimum atomic E-state index is 0.00525. The molecular weight excluding hydrogens is 272 g/mol. The van der Waals surface area contributed by atoms with Crippen LogP contribution in [0.25, 0.3) is 0 Å². The molecule has 0 radical (unpaired) electrons. The van der Waals surface area contributed by atoms with Gasteiger partial charge in [-0.05, 0) is 85.7 Å². The maximum absolute atomic E-state index is 5.82. The Morgan fingerprint density at radius 1 is 0.909 bits per heavy atom. The van der Waals surface area contributed by atoms with Gasteiger partial charge in [0.15, 0.2) is 0 Å². The average molecular weight is 311 g/mol. The highest BCUT2D eigenvalue weighted by Crippen LogP contribution is 2.31. The minimum Gasteiger partial charge on any atom is -0.375 e. The first-order valence-electron chi connectivity index (χ1n) is 9.25. The van der Waals surface area contributed by atoms with Crippen LogP contribution in [0.4, 0.5) is 0 Å². The maximum atomic E-state index is 5.82. The van der Waals surface area contributed by atoms with E-state index in [1.54, 1.807) is 0 Å². The number of hydrogen-bond donors (Lipinski definition) is 0. The Balaban J connectivity index is 1.55. The average Bonchev–Trinajstić information content (AvgIpc) is 2.33. The predicted molar refractivity (Wildman–Crippen MR) is 94.3 cm³/mol. The van der Waals surface area contributed by atoms with Gasteiger partial charge < -0.3 is 9.64 Å². The molecule has 0 N–H and O–H groups in total. The van der Waals surface area contributed by atoms with E-state index in [9.17, 15) is 0 Å². The fourth-order valence-electron chi connectivity index (χ4n) is 3.80. The van der Waals surface area contributed by atoms with E-state index in [0.29, 0.717) is 5.54 Å². The zero-order valence-electron chi connectivity index (χ0n) is 15.8. The van der Waals surface area contributed by atoms with Crippen LogP contribution in [0.3, 0.4) is 0 Å². The molecule has 0 aliphatic carbocycles.